The molecule has 26 heavy (non-hydrogen) atoms. The average Bonchev–Trinajstić information content (AvgIpc) is 3.34. The zero-order valence-electron chi connectivity index (χ0n) is 13.5. The predicted octanol–water partition coefficient (Wildman–Crippen LogP) is 3.33. The molecule has 1 heterocycles. The van der Waals surface area contributed by atoms with Crippen LogP contribution in [0.15, 0.2) is 46.1 Å². The largest absolute Gasteiger partial charge is 0.284 e. The smallest absolute Gasteiger partial charge is 0.272 e. The maximum atomic E-state index is 13.2. The Kier molecular flexibility index (Phi) is 4.04. The Balaban J connectivity index is 1.67. The highest BCUT2D eigenvalue weighted by atomic mass is 35.5. The Morgan fingerprint density at radius 1 is 1.23 bits per heavy atom. The first-order chi connectivity index (χ1) is 12.3. The summed E-state index contributed by atoms with van der Waals surface area (Å²) in [6.07, 6.45) is 2.31. The molecule has 0 aliphatic heterocycles. The molecule has 0 amide bonds. The van der Waals surface area contributed by atoms with Crippen molar-refractivity contribution in [3.63, 3.8) is 0 Å². The van der Waals surface area contributed by atoms with Crippen LogP contribution in [0.5, 0.6) is 0 Å². The third-order valence-corrected chi connectivity index (χ3v) is 6.03. The van der Waals surface area contributed by atoms with Gasteiger partial charge in [0.05, 0.1) is 20.8 Å². The summed E-state index contributed by atoms with van der Waals surface area (Å²) in [4.78, 5) is 12.0. The standard InChI is InChI=1S/C17H15ClFN3O3S/c18-14-8-12(4-5-15(14)19)26(24,25)21-11-3-6-16-13(7-11)17(23)20-22(16)9-10-1-2-10/h3-8,10,21H,1-2,9H2,(H,20,23). The van der Waals surface area contributed by atoms with Gasteiger partial charge in [0.1, 0.15) is 5.82 Å². The van der Waals surface area contributed by atoms with Gasteiger partial charge in [-0.1, -0.05) is 11.6 Å². The summed E-state index contributed by atoms with van der Waals surface area (Å²) >= 11 is 5.66. The van der Waals surface area contributed by atoms with Crippen LogP contribution in [-0.4, -0.2) is 18.2 Å². The molecule has 0 unspecified atom stereocenters. The van der Waals surface area contributed by atoms with Gasteiger partial charge >= 0.3 is 0 Å². The lowest BCUT2D eigenvalue weighted by Crippen LogP contribution is -2.13. The van der Waals surface area contributed by atoms with Gasteiger partial charge in [-0.25, -0.2) is 12.8 Å². The van der Waals surface area contributed by atoms with E-state index in [0.717, 1.165) is 43.1 Å². The minimum Gasteiger partial charge on any atom is -0.284 e. The quantitative estimate of drug-likeness (QED) is 0.695. The molecule has 1 aliphatic carbocycles. The Morgan fingerprint density at radius 2 is 2.00 bits per heavy atom. The van der Waals surface area contributed by atoms with Gasteiger partial charge in [-0.05, 0) is 55.2 Å². The van der Waals surface area contributed by atoms with Crippen molar-refractivity contribution in [2.24, 2.45) is 5.92 Å². The molecule has 2 N–H and O–H groups in total. The number of nitrogens with zero attached hydrogens (tertiary/aromatic N) is 1. The van der Waals surface area contributed by atoms with E-state index in [9.17, 15) is 17.6 Å². The van der Waals surface area contributed by atoms with Gasteiger partial charge in [-0.3, -0.25) is 19.3 Å². The zero-order valence-corrected chi connectivity index (χ0v) is 15.1. The van der Waals surface area contributed by atoms with Crippen molar-refractivity contribution in [3.8, 4) is 0 Å². The fourth-order valence-electron chi connectivity index (χ4n) is 2.82. The van der Waals surface area contributed by atoms with Gasteiger partial charge in [-0.2, -0.15) is 0 Å². The van der Waals surface area contributed by atoms with Crippen LogP contribution in [0, 0.1) is 11.7 Å². The summed E-state index contributed by atoms with van der Waals surface area (Å²) in [6.45, 7) is 0.748. The second-order valence-electron chi connectivity index (χ2n) is 6.41. The monoisotopic (exact) mass is 395 g/mol. The first-order valence-electron chi connectivity index (χ1n) is 8.04. The molecule has 1 aliphatic rings. The number of aromatic amines is 1. The van der Waals surface area contributed by atoms with Gasteiger partial charge in [0.25, 0.3) is 15.6 Å². The predicted molar refractivity (Wildman–Crippen MR) is 97.5 cm³/mol. The van der Waals surface area contributed by atoms with Gasteiger partial charge < -0.3 is 0 Å². The van der Waals surface area contributed by atoms with Crippen LogP contribution in [0.3, 0.4) is 0 Å². The third-order valence-electron chi connectivity index (χ3n) is 4.36. The van der Waals surface area contributed by atoms with Crippen molar-refractivity contribution in [1.82, 2.24) is 9.78 Å². The lowest BCUT2D eigenvalue weighted by Gasteiger charge is -2.09. The van der Waals surface area contributed by atoms with Crippen molar-refractivity contribution >= 4 is 38.2 Å². The maximum absolute atomic E-state index is 13.2. The van der Waals surface area contributed by atoms with Crippen LogP contribution >= 0.6 is 11.6 Å². The molecule has 1 aromatic heterocycles. The fraction of sp³-hybridized carbons (Fsp3) is 0.235. The highest BCUT2D eigenvalue weighted by molar-refractivity contribution is 7.92. The summed E-state index contributed by atoms with van der Waals surface area (Å²) in [5.74, 6) is -0.113. The minimum absolute atomic E-state index is 0.163. The molecule has 0 atom stereocenters. The van der Waals surface area contributed by atoms with Crippen LogP contribution in [0.1, 0.15) is 12.8 Å². The number of halogens is 2. The SMILES string of the molecule is O=c1[nH]n(CC2CC2)c2ccc(NS(=O)(=O)c3ccc(F)c(Cl)c3)cc12. The topological polar surface area (TPSA) is 84.0 Å². The van der Waals surface area contributed by atoms with E-state index >= 15 is 0 Å². The minimum atomic E-state index is -3.96. The van der Waals surface area contributed by atoms with E-state index in [1.54, 1.807) is 16.8 Å². The van der Waals surface area contributed by atoms with Gasteiger partial charge in [0, 0.05) is 12.2 Å². The summed E-state index contributed by atoms with van der Waals surface area (Å²) in [7, 11) is -3.96. The Labute approximate surface area is 153 Å². The number of hydrogen-bond acceptors (Lipinski definition) is 3. The molecular formula is C17H15ClFN3O3S. The van der Waals surface area contributed by atoms with Crippen molar-refractivity contribution in [2.45, 2.75) is 24.3 Å². The Hall–Kier alpha value is -2.32. The number of benzene rings is 2. The van der Waals surface area contributed by atoms with Crippen LogP contribution in [0.4, 0.5) is 10.1 Å². The zero-order chi connectivity index (χ0) is 18.5. The highest BCUT2D eigenvalue weighted by Gasteiger charge is 2.23. The molecule has 136 valence electrons. The molecule has 0 radical (unpaired) electrons. The number of fused-ring (bicyclic) bond motifs is 1. The van der Waals surface area contributed by atoms with E-state index in [-0.39, 0.29) is 21.2 Å². The van der Waals surface area contributed by atoms with Crippen molar-refractivity contribution in [2.75, 3.05) is 4.72 Å². The van der Waals surface area contributed by atoms with Gasteiger partial charge in [-0.15, -0.1) is 0 Å². The third kappa shape index (κ3) is 3.22. The van der Waals surface area contributed by atoms with Crippen molar-refractivity contribution < 1.29 is 12.8 Å². The number of anilines is 1. The van der Waals surface area contributed by atoms with Crippen molar-refractivity contribution in [3.05, 3.63) is 57.6 Å². The average molecular weight is 396 g/mol. The van der Waals surface area contributed by atoms with Crippen LogP contribution in [0.25, 0.3) is 10.9 Å². The number of aromatic nitrogens is 2. The van der Waals surface area contributed by atoms with E-state index in [1.807, 2.05) is 0 Å². The molecule has 1 saturated carbocycles. The Morgan fingerprint density at radius 3 is 2.69 bits per heavy atom. The van der Waals surface area contributed by atoms with Gasteiger partial charge in [0.2, 0.25) is 0 Å². The summed E-state index contributed by atoms with van der Waals surface area (Å²) in [5.41, 5.74) is 0.703. The normalized spacial score (nSPS) is 14.7. The first-order valence-corrected chi connectivity index (χ1v) is 9.90. The lowest BCUT2D eigenvalue weighted by molar-refractivity contribution is 0.576. The molecule has 4 rings (SSSR count). The molecule has 9 heteroatoms. The van der Waals surface area contributed by atoms with E-state index in [4.69, 9.17) is 11.6 Å². The summed E-state index contributed by atoms with van der Waals surface area (Å²) in [6, 6.07) is 7.92. The van der Waals surface area contributed by atoms with Crippen LogP contribution in [0.2, 0.25) is 5.02 Å². The number of sulfonamides is 1. The second-order valence-corrected chi connectivity index (χ2v) is 8.50. The molecular weight excluding hydrogens is 381 g/mol. The molecule has 2 aromatic carbocycles. The molecule has 0 saturated heterocycles. The second kappa shape index (κ2) is 6.14. The summed E-state index contributed by atoms with van der Waals surface area (Å²) in [5, 5.41) is 2.91. The molecule has 0 bridgehead atoms. The number of hydrogen-bond donors (Lipinski definition) is 2. The molecule has 1 fully saturated rings. The summed E-state index contributed by atoms with van der Waals surface area (Å²) < 4.78 is 42.4. The maximum Gasteiger partial charge on any atom is 0.272 e. The molecule has 0 spiro atoms. The molecule has 6 nitrogen and oxygen atoms in total. The first kappa shape index (κ1) is 17.1. The molecule has 3 aromatic rings. The van der Waals surface area contributed by atoms with E-state index in [0.29, 0.717) is 11.3 Å². The van der Waals surface area contributed by atoms with E-state index in [2.05, 4.69) is 9.82 Å². The van der Waals surface area contributed by atoms with Crippen LogP contribution in [-0.2, 0) is 16.6 Å². The van der Waals surface area contributed by atoms with Crippen LogP contribution < -0.4 is 10.3 Å². The fourth-order valence-corrected chi connectivity index (χ4v) is 4.14. The van der Waals surface area contributed by atoms with Crippen molar-refractivity contribution in [1.29, 1.82) is 0 Å². The number of nitrogens with one attached hydrogen (secondary N) is 2. The number of H-pyrrole nitrogens is 1. The Bertz CT molecular complexity index is 1170. The van der Waals surface area contributed by atoms with E-state index in [1.165, 1.54) is 6.07 Å². The number of rotatable bonds is 5. The highest BCUT2D eigenvalue weighted by Crippen LogP contribution is 2.31. The lowest BCUT2D eigenvalue weighted by atomic mass is 10.2. The van der Waals surface area contributed by atoms with Gasteiger partial charge in [0.15, 0.2) is 0 Å². The van der Waals surface area contributed by atoms with E-state index < -0.39 is 15.8 Å².